The van der Waals surface area contributed by atoms with Gasteiger partial charge in [0.25, 0.3) is 0 Å². The van der Waals surface area contributed by atoms with Crippen molar-refractivity contribution in [1.29, 1.82) is 0 Å². The second kappa shape index (κ2) is 7.22. The van der Waals surface area contributed by atoms with Crippen molar-refractivity contribution in [3.8, 4) is 0 Å². The quantitative estimate of drug-likeness (QED) is 0.737. The fourth-order valence-corrected chi connectivity index (χ4v) is 4.21. The molecule has 0 amide bonds. The van der Waals surface area contributed by atoms with Gasteiger partial charge in [0.1, 0.15) is 0 Å². The molecule has 0 saturated heterocycles. The van der Waals surface area contributed by atoms with Gasteiger partial charge in [-0.05, 0) is 0 Å². The first-order valence-corrected chi connectivity index (χ1v) is 8.39. The van der Waals surface area contributed by atoms with Gasteiger partial charge in [0.15, 0.2) is 0 Å². The maximum atomic E-state index is 11.1. The van der Waals surface area contributed by atoms with Crippen LogP contribution in [-0.4, -0.2) is 17.7 Å². The van der Waals surface area contributed by atoms with E-state index in [-0.39, 0.29) is 5.78 Å². The topological polar surface area (TPSA) is 69.7 Å². The molecule has 0 aliphatic carbocycles. The molecule has 0 spiro atoms. The molecule has 0 heterocycles. The van der Waals surface area contributed by atoms with Crippen molar-refractivity contribution in [1.82, 2.24) is 0 Å². The number of ketones is 1. The van der Waals surface area contributed by atoms with Crippen molar-refractivity contribution in [2.24, 2.45) is 0 Å². The van der Waals surface area contributed by atoms with Crippen molar-refractivity contribution in [3.05, 3.63) is 33.4 Å². The minimum absolute atomic E-state index is 0.0393. The number of rotatable bonds is 5. The average Bonchev–Trinajstić information content (AvgIpc) is 2.26. The van der Waals surface area contributed by atoms with Crippen molar-refractivity contribution < 1.29 is 20.5 Å². The Balaban J connectivity index is 2.97. The Morgan fingerprint density at radius 3 is 2.11 bits per heavy atom. The molecule has 19 heavy (non-hydrogen) atoms. The molecule has 0 unspecified atom stereocenters. The summed E-state index contributed by atoms with van der Waals surface area (Å²) in [6.07, 6.45) is 0.304. The van der Waals surface area contributed by atoms with Crippen LogP contribution in [0.3, 0.4) is 0 Å². The van der Waals surface area contributed by atoms with E-state index in [0.717, 1.165) is 5.56 Å². The molecular formula is C13H15IO5. The predicted molar refractivity (Wildman–Crippen MR) is 77.1 cm³/mol. The van der Waals surface area contributed by atoms with E-state index >= 15 is 0 Å². The Morgan fingerprint density at radius 1 is 1.05 bits per heavy atom. The summed E-state index contributed by atoms with van der Waals surface area (Å²) in [6, 6.07) is 7.05. The van der Waals surface area contributed by atoms with E-state index < -0.39 is 32.6 Å². The van der Waals surface area contributed by atoms with Gasteiger partial charge in [-0.3, -0.25) is 0 Å². The van der Waals surface area contributed by atoms with Gasteiger partial charge in [0.2, 0.25) is 0 Å². The van der Waals surface area contributed by atoms with Gasteiger partial charge in [0.05, 0.1) is 0 Å². The summed E-state index contributed by atoms with van der Waals surface area (Å²) >= 11 is -2.78. The molecule has 5 nitrogen and oxygen atoms in total. The second-order valence-electron chi connectivity index (χ2n) is 3.86. The van der Waals surface area contributed by atoms with Crippen molar-refractivity contribution in [2.45, 2.75) is 27.2 Å². The SMILES string of the molecule is CC(=O)Cc1cccc(I(OC(C)=O)OC(C)=O)c1. The summed E-state index contributed by atoms with van der Waals surface area (Å²) < 4.78 is 10.9. The van der Waals surface area contributed by atoms with Gasteiger partial charge in [-0.15, -0.1) is 0 Å². The van der Waals surface area contributed by atoms with E-state index in [4.69, 9.17) is 6.13 Å². The third kappa shape index (κ3) is 5.82. The minimum atomic E-state index is -2.78. The summed E-state index contributed by atoms with van der Waals surface area (Å²) in [5, 5.41) is 0. The van der Waals surface area contributed by atoms with Crippen LogP contribution in [0.4, 0.5) is 0 Å². The monoisotopic (exact) mass is 378 g/mol. The Morgan fingerprint density at radius 2 is 1.63 bits per heavy atom. The number of hydrogen-bond acceptors (Lipinski definition) is 5. The third-order valence-electron chi connectivity index (χ3n) is 1.88. The second-order valence-corrected chi connectivity index (χ2v) is 7.23. The predicted octanol–water partition coefficient (Wildman–Crippen LogP) is 2.45. The number of carbonyl (C=O) groups excluding carboxylic acids is 3. The first kappa shape index (κ1) is 15.6. The number of hydrogen-bond donors (Lipinski definition) is 0. The molecule has 1 aromatic rings. The number of Topliss-reactive ketones (excluding diaryl/α,β-unsaturated/α-hetero) is 1. The van der Waals surface area contributed by atoms with Gasteiger partial charge in [0, 0.05) is 0 Å². The summed E-state index contributed by atoms with van der Waals surface area (Å²) in [7, 11) is 0. The van der Waals surface area contributed by atoms with Crippen LogP contribution in [0, 0.1) is 3.57 Å². The first-order valence-electron chi connectivity index (χ1n) is 5.55. The molecule has 0 aliphatic heterocycles. The Kier molecular flexibility index (Phi) is 5.94. The summed E-state index contributed by atoms with van der Waals surface area (Å²) in [5.41, 5.74) is 0.812. The van der Waals surface area contributed by atoms with Crippen LogP contribution >= 0.6 is 20.6 Å². The Hall–Kier alpha value is -1.44. The number of benzene rings is 1. The van der Waals surface area contributed by atoms with E-state index in [1.54, 1.807) is 24.3 Å². The first-order chi connectivity index (χ1) is 8.88. The summed E-state index contributed by atoms with van der Waals surface area (Å²) in [6.45, 7) is 4.04. The number of carbonyl (C=O) groups is 3. The van der Waals surface area contributed by atoms with Crippen molar-refractivity contribution in [3.63, 3.8) is 0 Å². The van der Waals surface area contributed by atoms with Crippen LogP contribution in [0.15, 0.2) is 24.3 Å². The maximum absolute atomic E-state index is 11.1. The van der Waals surface area contributed by atoms with Gasteiger partial charge < -0.3 is 0 Å². The molecule has 1 rings (SSSR count). The average molecular weight is 378 g/mol. The van der Waals surface area contributed by atoms with Crippen LogP contribution < -0.4 is 0 Å². The van der Waals surface area contributed by atoms with E-state index in [0.29, 0.717) is 9.99 Å². The van der Waals surface area contributed by atoms with Gasteiger partial charge in [-0.2, -0.15) is 0 Å². The molecule has 6 heteroatoms. The molecule has 0 N–H and O–H groups in total. The fraction of sp³-hybridized carbons (Fsp3) is 0.308. The van der Waals surface area contributed by atoms with Crippen LogP contribution in [0.25, 0.3) is 0 Å². The van der Waals surface area contributed by atoms with Crippen LogP contribution in [0.5, 0.6) is 0 Å². The number of halogens is 1. The van der Waals surface area contributed by atoms with E-state index in [9.17, 15) is 14.4 Å². The molecule has 0 bridgehead atoms. The molecule has 1 aromatic carbocycles. The zero-order valence-electron chi connectivity index (χ0n) is 10.9. The zero-order valence-corrected chi connectivity index (χ0v) is 13.1. The molecular weight excluding hydrogens is 363 g/mol. The third-order valence-corrected chi connectivity index (χ3v) is 5.61. The fourth-order valence-electron chi connectivity index (χ4n) is 1.33. The molecule has 0 radical (unpaired) electrons. The van der Waals surface area contributed by atoms with Gasteiger partial charge in [-0.25, -0.2) is 0 Å². The standard InChI is InChI=1S/C13H15IO5/c1-9(15)7-12-5-4-6-13(8-12)14(18-10(2)16)19-11(3)17/h4-6,8H,7H2,1-3H3. The molecule has 0 aromatic heterocycles. The van der Waals surface area contributed by atoms with Gasteiger partial charge in [-0.1, -0.05) is 0 Å². The molecule has 104 valence electrons. The van der Waals surface area contributed by atoms with Crippen molar-refractivity contribution >= 4 is 38.4 Å². The van der Waals surface area contributed by atoms with Crippen LogP contribution in [0.2, 0.25) is 0 Å². The summed E-state index contributed by atoms with van der Waals surface area (Å²) in [5.74, 6) is -0.927. The van der Waals surface area contributed by atoms with Crippen LogP contribution in [-0.2, 0) is 26.9 Å². The Labute approximate surface area is 119 Å². The van der Waals surface area contributed by atoms with Crippen LogP contribution in [0.1, 0.15) is 26.3 Å². The van der Waals surface area contributed by atoms with Gasteiger partial charge >= 0.3 is 119 Å². The molecule has 0 fully saturated rings. The molecule has 0 aliphatic rings. The molecule has 0 saturated carbocycles. The summed E-state index contributed by atoms with van der Waals surface area (Å²) in [4.78, 5) is 33.2. The van der Waals surface area contributed by atoms with Crippen molar-refractivity contribution in [2.75, 3.05) is 0 Å². The van der Waals surface area contributed by atoms with E-state index in [2.05, 4.69) is 0 Å². The molecule has 0 atom stereocenters. The van der Waals surface area contributed by atoms with E-state index in [1.165, 1.54) is 20.8 Å². The zero-order chi connectivity index (χ0) is 14.4. The Bertz CT molecular complexity index is 482. The normalized spacial score (nSPS) is 10.6. The van der Waals surface area contributed by atoms with E-state index in [1.807, 2.05) is 0 Å².